The van der Waals surface area contributed by atoms with Crippen LogP contribution < -0.4 is 0 Å². The summed E-state index contributed by atoms with van der Waals surface area (Å²) in [5.74, 6) is 0.463. The summed E-state index contributed by atoms with van der Waals surface area (Å²) < 4.78 is 28.7. The highest BCUT2D eigenvalue weighted by Gasteiger charge is 2.12. The number of ether oxygens (including phenoxy) is 1. The average molecular weight is 286 g/mol. The van der Waals surface area contributed by atoms with E-state index in [1.54, 1.807) is 0 Å². The van der Waals surface area contributed by atoms with Gasteiger partial charge in [0.2, 0.25) is 0 Å². The molecule has 0 saturated heterocycles. The molecule has 19 heavy (non-hydrogen) atoms. The van der Waals surface area contributed by atoms with Crippen LogP contribution >= 0.6 is 0 Å². The van der Waals surface area contributed by atoms with E-state index in [0.717, 1.165) is 5.56 Å². The molecule has 1 N–H and O–H groups in total. The molecule has 0 heterocycles. The predicted molar refractivity (Wildman–Crippen MR) is 75.9 cm³/mol. The van der Waals surface area contributed by atoms with E-state index in [1.165, 1.54) is 5.56 Å². The van der Waals surface area contributed by atoms with Crippen molar-refractivity contribution >= 4 is 9.84 Å². The Bertz CT molecular complexity index is 463. The molecule has 0 unspecified atom stereocenters. The smallest absolute Gasteiger partial charge is 0.156 e. The number of sulfone groups is 1. The van der Waals surface area contributed by atoms with Crippen LogP contribution in [0.3, 0.4) is 0 Å². The Balaban J connectivity index is 2.53. The molecule has 4 nitrogen and oxygen atoms in total. The summed E-state index contributed by atoms with van der Waals surface area (Å²) in [6.45, 7) is 4.43. The summed E-state index contributed by atoms with van der Waals surface area (Å²) in [4.78, 5) is 0. The highest BCUT2D eigenvalue weighted by atomic mass is 32.2. The molecule has 0 aromatic heterocycles. The van der Waals surface area contributed by atoms with E-state index in [9.17, 15) is 8.42 Å². The number of hydrogen-bond donors (Lipinski definition) is 1. The monoisotopic (exact) mass is 286 g/mol. The topological polar surface area (TPSA) is 63.6 Å². The van der Waals surface area contributed by atoms with Gasteiger partial charge in [-0.15, -0.1) is 0 Å². The van der Waals surface area contributed by atoms with Gasteiger partial charge in [-0.1, -0.05) is 38.1 Å². The molecule has 0 fully saturated rings. The molecule has 0 radical (unpaired) electrons. The van der Waals surface area contributed by atoms with Crippen molar-refractivity contribution in [3.8, 4) is 0 Å². The third-order valence-corrected chi connectivity index (χ3v) is 4.37. The Kier molecular flexibility index (Phi) is 6.48. The van der Waals surface area contributed by atoms with Crippen molar-refractivity contribution in [2.45, 2.75) is 25.5 Å². The minimum atomic E-state index is -3.15. The SMILES string of the molecule is CC(C)c1ccc(CS(=O)(=O)CCOCCO)cc1. The maximum absolute atomic E-state index is 11.8. The van der Waals surface area contributed by atoms with Crippen LogP contribution in [0.15, 0.2) is 24.3 Å². The number of rotatable bonds is 8. The number of aliphatic hydroxyl groups excluding tert-OH is 1. The molecule has 0 aliphatic heterocycles. The summed E-state index contributed by atoms with van der Waals surface area (Å²) in [5.41, 5.74) is 2.00. The van der Waals surface area contributed by atoms with Gasteiger partial charge in [-0.25, -0.2) is 8.42 Å². The van der Waals surface area contributed by atoms with Gasteiger partial charge in [0.15, 0.2) is 9.84 Å². The van der Waals surface area contributed by atoms with Crippen LogP contribution in [0.1, 0.15) is 30.9 Å². The average Bonchev–Trinajstić information content (AvgIpc) is 2.35. The van der Waals surface area contributed by atoms with Crippen molar-refractivity contribution in [3.05, 3.63) is 35.4 Å². The van der Waals surface area contributed by atoms with Crippen LogP contribution in [-0.2, 0) is 20.3 Å². The molecule has 5 heteroatoms. The van der Waals surface area contributed by atoms with Crippen molar-refractivity contribution in [2.75, 3.05) is 25.6 Å². The summed E-state index contributed by atoms with van der Waals surface area (Å²) in [7, 11) is -3.15. The van der Waals surface area contributed by atoms with E-state index in [2.05, 4.69) is 13.8 Å². The lowest BCUT2D eigenvalue weighted by atomic mass is 10.0. The van der Waals surface area contributed by atoms with Crippen LogP contribution in [0.25, 0.3) is 0 Å². The van der Waals surface area contributed by atoms with Crippen LogP contribution in [-0.4, -0.2) is 39.1 Å². The van der Waals surface area contributed by atoms with Crippen LogP contribution in [0, 0.1) is 0 Å². The lowest BCUT2D eigenvalue weighted by Gasteiger charge is -2.08. The maximum Gasteiger partial charge on any atom is 0.156 e. The van der Waals surface area contributed by atoms with Gasteiger partial charge >= 0.3 is 0 Å². The van der Waals surface area contributed by atoms with E-state index < -0.39 is 9.84 Å². The number of benzene rings is 1. The Labute approximate surface area is 115 Å². The lowest BCUT2D eigenvalue weighted by molar-refractivity contribution is 0.103. The van der Waals surface area contributed by atoms with Crippen LogP contribution in [0.5, 0.6) is 0 Å². The van der Waals surface area contributed by atoms with E-state index in [4.69, 9.17) is 9.84 Å². The molecule has 0 atom stereocenters. The van der Waals surface area contributed by atoms with Gasteiger partial charge < -0.3 is 9.84 Å². The zero-order valence-corrected chi connectivity index (χ0v) is 12.3. The summed E-state index contributed by atoms with van der Waals surface area (Å²) >= 11 is 0. The molecule has 108 valence electrons. The third-order valence-electron chi connectivity index (χ3n) is 2.81. The molecule has 1 rings (SSSR count). The highest BCUT2D eigenvalue weighted by molar-refractivity contribution is 7.90. The second-order valence-corrected chi connectivity index (χ2v) is 7.01. The third kappa shape index (κ3) is 6.18. The normalized spacial score (nSPS) is 12.0. The molecule has 0 aliphatic rings. The van der Waals surface area contributed by atoms with E-state index in [1.807, 2.05) is 24.3 Å². The lowest BCUT2D eigenvalue weighted by Crippen LogP contribution is -2.15. The Morgan fingerprint density at radius 2 is 1.79 bits per heavy atom. The molecule has 0 aliphatic carbocycles. The van der Waals surface area contributed by atoms with Gasteiger partial charge in [-0.05, 0) is 17.0 Å². The molecule has 0 bridgehead atoms. The molecule has 0 amide bonds. The van der Waals surface area contributed by atoms with Crippen molar-refractivity contribution in [3.63, 3.8) is 0 Å². The van der Waals surface area contributed by atoms with Gasteiger partial charge in [0.1, 0.15) is 0 Å². The first kappa shape index (κ1) is 16.1. The molecule has 0 spiro atoms. The molecule has 1 aromatic rings. The first-order valence-electron chi connectivity index (χ1n) is 6.42. The summed E-state index contributed by atoms with van der Waals surface area (Å²) in [6.07, 6.45) is 0. The first-order valence-corrected chi connectivity index (χ1v) is 8.24. The second-order valence-electron chi connectivity index (χ2n) is 4.82. The van der Waals surface area contributed by atoms with Crippen LogP contribution in [0.2, 0.25) is 0 Å². The van der Waals surface area contributed by atoms with E-state index in [-0.39, 0.29) is 31.3 Å². The van der Waals surface area contributed by atoms with Crippen molar-refractivity contribution in [1.82, 2.24) is 0 Å². The Hall–Kier alpha value is -0.910. The summed E-state index contributed by atoms with van der Waals surface area (Å²) in [6, 6.07) is 7.67. The van der Waals surface area contributed by atoms with Gasteiger partial charge in [0.25, 0.3) is 0 Å². The maximum atomic E-state index is 11.8. The second kappa shape index (κ2) is 7.62. The molecular weight excluding hydrogens is 264 g/mol. The van der Waals surface area contributed by atoms with Gasteiger partial charge in [0, 0.05) is 0 Å². The fraction of sp³-hybridized carbons (Fsp3) is 0.571. The van der Waals surface area contributed by atoms with E-state index in [0.29, 0.717) is 5.92 Å². The van der Waals surface area contributed by atoms with Crippen molar-refractivity contribution in [2.24, 2.45) is 0 Å². The largest absolute Gasteiger partial charge is 0.394 e. The van der Waals surface area contributed by atoms with Gasteiger partial charge in [-0.2, -0.15) is 0 Å². The fourth-order valence-corrected chi connectivity index (χ4v) is 2.89. The zero-order valence-electron chi connectivity index (χ0n) is 11.5. The highest BCUT2D eigenvalue weighted by Crippen LogP contribution is 2.16. The number of aliphatic hydroxyl groups is 1. The molecular formula is C14H22O4S. The minimum absolute atomic E-state index is 0.0149. The van der Waals surface area contributed by atoms with Crippen molar-refractivity contribution in [1.29, 1.82) is 0 Å². The van der Waals surface area contributed by atoms with Gasteiger partial charge in [-0.3, -0.25) is 0 Å². The Morgan fingerprint density at radius 3 is 2.32 bits per heavy atom. The predicted octanol–water partition coefficient (Wildman–Crippen LogP) is 1.73. The fourth-order valence-electron chi connectivity index (χ4n) is 1.68. The zero-order chi connectivity index (χ0) is 14.3. The first-order chi connectivity index (χ1) is 8.94. The molecule has 0 saturated carbocycles. The summed E-state index contributed by atoms with van der Waals surface area (Å²) in [5, 5.41) is 8.53. The molecule has 1 aromatic carbocycles. The number of hydrogen-bond acceptors (Lipinski definition) is 4. The quantitative estimate of drug-likeness (QED) is 0.739. The van der Waals surface area contributed by atoms with Crippen molar-refractivity contribution < 1.29 is 18.3 Å². The van der Waals surface area contributed by atoms with Gasteiger partial charge in [0.05, 0.1) is 31.3 Å². The minimum Gasteiger partial charge on any atom is -0.394 e. The standard InChI is InChI=1S/C14H22O4S/c1-12(2)14-5-3-13(4-6-14)11-19(16,17)10-9-18-8-7-15/h3-6,12,15H,7-11H2,1-2H3. The Morgan fingerprint density at radius 1 is 1.16 bits per heavy atom. The van der Waals surface area contributed by atoms with E-state index >= 15 is 0 Å². The van der Waals surface area contributed by atoms with Crippen LogP contribution in [0.4, 0.5) is 0 Å².